The minimum Gasteiger partial charge on any atom is -0.616 e. The molecule has 90 valence electrons. The van der Waals surface area contributed by atoms with Gasteiger partial charge in [-0.1, -0.05) is 6.07 Å². The van der Waals surface area contributed by atoms with E-state index in [0.717, 1.165) is 4.88 Å². The summed E-state index contributed by atoms with van der Waals surface area (Å²) in [6.07, 6.45) is 0. The van der Waals surface area contributed by atoms with E-state index in [1.807, 2.05) is 17.5 Å². The summed E-state index contributed by atoms with van der Waals surface area (Å²) >= 11 is 0.368. The fraction of sp³-hybridized carbons (Fsp3) is 0.545. The number of hydrogen-bond acceptors (Lipinski definition) is 4. The van der Waals surface area contributed by atoms with E-state index in [4.69, 9.17) is 4.74 Å². The number of ether oxygens (including phenoxy) is 1. The van der Waals surface area contributed by atoms with Crippen molar-refractivity contribution in [1.82, 2.24) is 0 Å². The van der Waals surface area contributed by atoms with Crippen molar-refractivity contribution in [2.75, 3.05) is 5.75 Å². The van der Waals surface area contributed by atoms with Crippen molar-refractivity contribution in [3.05, 3.63) is 22.4 Å². The van der Waals surface area contributed by atoms with E-state index in [1.54, 1.807) is 32.1 Å². The third-order valence-corrected chi connectivity index (χ3v) is 3.83. The van der Waals surface area contributed by atoms with Gasteiger partial charge in [0.15, 0.2) is 0 Å². The van der Waals surface area contributed by atoms with Crippen molar-refractivity contribution < 1.29 is 14.1 Å². The van der Waals surface area contributed by atoms with Crippen LogP contribution in [0.5, 0.6) is 0 Å². The average molecular weight is 260 g/mol. The normalized spacial score (nSPS) is 13.5. The summed E-state index contributed by atoms with van der Waals surface area (Å²) in [6.45, 7) is 5.40. The van der Waals surface area contributed by atoms with E-state index < -0.39 is 22.7 Å². The van der Waals surface area contributed by atoms with Crippen LogP contribution in [-0.4, -0.2) is 21.9 Å². The van der Waals surface area contributed by atoms with E-state index in [0.29, 0.717) is 5.75 Å². The molecular weight excluding hydrogens is 244 g/mol. The summed E-state index contributed by atoms with van der Waals surface area (Å²) in [5.74, 6) is -0.00565. The molecule has 1 heterocycles. The molecule has 0 amide bonds. The van der Waals surface area contributed by atoms with Crippen molar-refractivity contribution in [3.63, 3.8) is 0 Å². The second kappa shape index (κ2) is 5.70. The summed E-state index contributed by atoms with van der Waals surface area (Å²) in [5.41, 5.74) is -0.510. The number of carbonyl (C=O) groups is 1. The van der Waals surface area contributed by atoms with Gasteiger partial charge in [0, 0.05) is 0 Å². The molecule has 0 radical (unpaired) electrons. The summed E-state index contributed by atoms with van der Waals surface area (Å²) in [7, 11) is 0. The van der Waals surface area contributed by atoms with Crippen molar-refractivity contribution in [2.24, 2.45) is 0 Å². The van der Waals surface area contributed by atoms with Crippen LogP contribution >= 0.6 is 11.3 Å². The standard InChI is InChI=1S/C11H16O3S2/c1-11(2,3)14-10(12)8-16(13)7-9-5-4-6-15-9/h4-6H,7-8H2,1-3H3. The van der Waals surface area contributed by atoms with Crippen molar-refractivity contribution in [1.29, 1.82) is 0 Å². The summed E-state index contributed by atoms with van der Waals surface area (Å²) in [4.78, 5) is 12.4. The van der Waals surface area contributed by atoms with E-state index in [1.165, 1.54) is 0 Å². The van der Waals surface area contributed by atoms with Crippen LogP contribution < -0.4 is 0 Å². The topological polar surface area (TPSA) is 49.4 Å². The first-order chi connectivity index (χ1) is 7.37. The van der Waals surface area contributed by atoms with Gasteiger partial charge in [-0.25, -0.2) is 4.79 Å². The molecule has 5 heteroatoms. The van der Waals surface area contributed by atoms with Crippen LogP contribution in [0.25, 0.3) is 0 Å². The van der Waals surface area contributed by atoms with Gasteiger partial charge in [0.05, 0.1) is 4.88 Å². The van der Waals surface area contributed by atoms with Crippen molar-refractivity contribution in [2.45, 2.75) is 32.1 Å². The smallest absolute Gasteiger partial charge is 0.356 e. The third-order valence-electron chi connectivity index (χ3n) is 1.58. The zero-order chi connectivity index (χ0) is 12.2. The van der Waals surface area contributed by atoms with Crippen molar-refractivity contribution >= 4 is 28.5 Å². The van der Waals surface area contributed by atoms with E-state index in [-0.39, 0.29) is 5.75 Å². The highest BCUT2D eigenvalue weighted by molar-refractivity contribution is 7.91. The molecule has 0 aliphatic rings. The molecule has 0 saturated heterocycles. The highest BCUT2D eigenvalue weighted by atomic mass is 32.2. The lowest BCUT2D eigenvalue weighted by atomic mass is 10.2. The van der Waals surface area contributed by atoms with Gasteiger partial charge in [-0.3, -0.25) is 0 Å². The van der Waals surface area contributed by atoms with Crippen LogP contribution in [0.2, 0.25) is 0 Å². The first-order valence-electron chi connectivity index (χ1n) is 4.96. The Kier molecular flexibility index (Phi) is 4.83. The molecule has 3 nitrogen and oxygen atoms in total. The van der Waals surface area contributed by atoms with Gasteiger partial charge in [0.2, 0.25) is 5.75 Å². The van der Waals surface area contributed by atoms with Crippen LogP contribution in [0.3, 0.4) is 0 Å². The summed E-state index contributed by atoms with van der Waals surface area (Å²) < 4.78 is 16.7. The van der Waals surface area contributed by atoms with Gasteiger partial charge in [0.1, 0.15) is 11.4 Å². The Bertz CT molecular complexity index is 327. The van der Waals surface area contributed by atoms with Crippen LogP contribution in [0.15, 0.2) is 17.5 Å². The molecule has 0 aliphatic carbocycles. The average Bonchev–Trinajstić information content (AvgIpc) is 2.51. The summed E-state index contributed by atoms with van der Waals surface area (Å²) in [5, 5.41) is 1.93. The Hall–Kier alpha value is -0.520. The Morgan fingerprint density at radius 1 is 1.56 bits per heavy atom. The predicted octanol–water partition coefficient (Wildman–Crippen LogP) is 2.34. The molecule has 0 aromatic carbocycles. The largest absolute Gasteiger partial charge is 0.616 e. The monoisotopic (exact) mass is 260 g/mol. The van der Waals surface area contributed by atoms with Gasteiger partial charge in [-0.15, -0.1) is 11.3 Å². The van der Waals surface area contributed by atoms with Gasteiger partial charge in [0.25, 0.3) is 0 Å². The minimum atomic E-state index is -1.18. The molecular formula is C11H16O3S2. The van der Waals surface area contributed by atoms with Crippen molar-refractivity contribution in [3.8, 4) is 0 Å². The summed E-state index contributed by atoms with van der Waals surface area (Å²) in [6, 6.07) is 3.82. The zero-order valence-corrected chi connectivity index (χ0v) is 11.3. The molecule has 1 aromatic heterocycles. The van der Waals surface area contributed by atoms with E-state index in [2.05, 4.69) is 0 Å². The Morgan fingerprint density at radius 2 is 2.25 bits per heavy atom. The Labute approximate surface area is 103 Å². The Morgan fingerprint density at radius 3 is 2.75 bits per heavy atom. The van der Waals surface area contributed by atoms with Crippen LogP contribution in [0, 0.1) is 0 Å². The Balaban J connectivity index is 2.34. The molecule has 1 aromatic rings. The van der Waals surface area contributed by atoms with Gasteiger partial charge < -0.3 is 9.29 Å². The van der Waals surface area contributed by atoms with E-state index >= 15 is 0 Å². The van der Waals surface area contributed by atoms with Crippen LogP contribution in [0.1, 0.15) is 25.6 Å². The molecule has 0 spiro atoms. The van der Waals surface area contributed by atoms with Gasteiger partial charge >= 0.3 is 5.97 Å². The zero-order valence-electron chi connectivity index (χ0n) is 9.69. The third kappa shape index (κ3) is 5.53. The lowest BCUT2D eigenvalue weighted by Crippen LogP contribution is -2.28. The SMILES string of the molecule is CC(C)(C)OC(=O)C[S+]([O-])Cc1cccs1. The number of rotatable bonds is 4. The molecule has 0 aliphatic heterocycles. The van der Waals surface area contributed by atoms with Gasteiger partial charge in [-0.05, 0) is 43.4 Å². The second-order valence-electron chi connectivity index (χ2n) is 4.39. The fourth-order valence-corrected chi connectivity index (χ4v) is 3.10. The maximum atomic E-state index is 11.6. The van der Waals surface area contributed by atoms with Gasteiger partial charge in [-0.2, -0.15) is 0 Å². The lowest BCUT2D eigenvalue weighted by molar-refractivity contribution is -0.151. The quantitative estimate of drug-likeness (QED) is 0.616. The molecule has 1 unspecified atom stereocenters. The maximum absolute atomic E-state index is 11.6. The predicted molar refractivity (Wildman–Crippen MR) is 66.9 cm³/mol. The van der Waals surface area contributed by atoms with E-state index in [9.17, 15) is 9.35 Å². The number of esters is 1. The molecule has 0 saturated carbocycles. The highest BCUT2D eigenvalue weighted by Crippen LogP contribution is 2.14. The molecule has 1 rings (SSSR count). The maximum Gasteiger partial charge on any atom is 0.356 e. The number of carbonyl (C=O) groups excluding carboxylic acids is 1. The highest BCUT2D eigenvalue weighted by Gasteiger charge is 2.21. The van der Waals surface area contributed by atoms with Crippen LogP contribution in [-0.2, 0) is 26.5 Å². The first kappa shape index (κ1) is 13.5. The molecule has 16 heavy (non-hydrogen) atoms. The minimum absolute atomic E-state index is 0.0326. The molecule has 0 N–H and O–H groups in total. The first-order valence-corrected chi connectivity index (χ1v) is 7.33. The van der Waals surface area contributed by atoms with Crippen LogP contribution in [0.4, 0.5) is 0 Å². The molecule has 0 bridgehead atoms. The molecule has 0 fully saturated rings. The molecule has 1 atom stereocenters. The number of thiophene rings is 1. The fourth-order valence-electron chi connectivity index (χ4n) is 1.11. The lowest BCUT2D eigenvalue weighted by Gasteiger charge is -2.19. The number of hydrogen-bond donors (Lipinski definition) is 0. The second-order valence-corrected chi connectivity index (χ2v) is 6.88.